The molecule has 3 aromatic heterocycles. The molecule has 29 heavy (non-hydrogen) atoms. The average molecular weight is 407 g/mol. The summed E-state index contributed by atoms with van der Waals surface area (Å²) in [4.78, 5) is 19.4. The van der Waals surface area contributed by atoms with Crippen LogP contribution in [0.2, 0.25) is 0 Å². The van der Waals surface area contributed by atoms with Gasteiger partial charge in [0.15, 0.2) is 16.5 Å². The summed E-state index contributed by atoms with van der Waals surface area (Å²) < 4.78 is 8.21. The van der Waals surface area contributed by atoms with E-state index in [0.717, 1.165) is 52.8 Å². The highest BCUT2D eigenvalue weighted by molar-refractivity contribution is 7.22. The fourth-order valence-electron chi connectivity index (χ4n) is 3.69. The van der Waals surface area contributed by atoms with Crippen LogP contribution in [-0.2, 0) is 0 Å². The highest BCUT2D eigenvalue weighted by atomic mass is 32.1. The number of benzene rings is 1. The van der Waals surface area contributed by atoms with Crippen molar-refractivity contribution in [2.75, 3.05) is 18.0 Å². The molecule has 4 heterocycles. The number of carbonyl (C=O) groups excluding carboxylic acids is 1. The highest BCUT2D eigenvalue weighted by Gasteiger charge is 2.25. The SMILES string of the molecule is Cc1nn(-c2ccccc2)c2nc(N3CCC(NC(=O)c4ccco4)CC3)sc12. The van der Waals surface area contributed by atoms with Crippen LogP contribution in [-0.4, -0.2) is 39.8 Å². The smallest absolute Gasteiger partial charge is 0.287 e. The molecule has 0 aliphatic carbocycles. The molecule has 8 heteroatoms. The minimum absolute atomic E-state index is 0.146. The lowest BCUT2D eigenvalue weighted by molar-refractivity contribution is 0.0903. The lowest BCUT2D eigenvalue weighted by Gasteiger charge is -2.31. The lowest BCUT2D eigenvalue weighted by atomic mass is 10.1. The zero-order valence-corrected chi connectivity index (χ0v) is 16.9. The minimum atomic E-state index is -0.146. The van der Waals surface area contributed by atoms with Crippen molar-refractivity contribution in [2.45, 2.75) is 25.8 Å². The van der Waals surface area contributed by atoms with Crippen LogP contribution >= 0.6 is 11.3 Å². The van der Waals surface area contributed by atoms with E-state index in [-0.39, 0.29) is 11.9 Å². The Morgan fingerprint density at radius 2 is 1.97 bits per heavy atom. The third-order valence-electron chi connectivity index (χ3n) is 5.22. The molecule has 1 saturated heterocycles. The van der Waals surface area contributed by atoms with Crippen molar-refractivity contribution in [3.8, 4) is 5.69 Å². The summed E-state index contributed by atoms with van der Waals surface area (Å²) in [6.45, 7) is 3.74. The maximum absolute atomic E-state index is 12.2. The first kappa shape index (κ1) is 17.9. The van der Waals surface area contributed by atoms with E-state index in [2.05, 4.69) is 15.3 Å². The Bertz CT molecular complexity index is 1120. The number of amides is 1. The van der Waals surface area contributed by atoms with Crippen molar-refractivity contribution in [3.05, 3.63) is 60.2 Å². The van der Waals surface area contributed by atoms with Crippen LogP contribution in [0.1, 0.15) is 29.1 Å². The van der Waals surface area contributed by atoms with Crippen molar-refractivity contribution >= 4 is 32.7 Å². The number of hydrogen-bond acceptors (Lipinski definition) is 6. The maximum atomic E-state index is 12.2. The number of aryl methyl sites for hydroxylation is 1. The van der Waals surface area contributed by atoms with E-state index in [1.165, 1.54) is 6.26 Å². The summed E-state index contributed by atoms with van der Waals surface area (Å²) in [5, 5.41) is 8.74. The molecule has 4 aromatic rings. The Kier molecular flexibility index (Phi) is 4.55. The molecule has 1 fully saturated rings. The van der Waals surface area contributed by atoms with Crippen molar-refractivity contribution in [2.24, 2.45) is 0 Å². The molecule has 148 valence electrons. The number of carbonyl (C=O) groups is 1. The van der Waals surface area contributed by atoms with Gasteiger partial charge in [0.1, 0.15) is 0 Å². The number of rotatable bonds is 4. The molecule has 1 aromatic carbocycles. The van der Waals surface area contributed by atoms with Crippen LogP contribution in [0.25, 0.3) is 16.0 Å². The highest BCUT2D eigenvalue weighted by Crippen LogP contribution is 2.33. The zero-order chi connectivity index (χ0) is 19.8. The van der Waals surface area contributed by atoms with Gasteiger partial charge in [-0.15, -0.1) is 0 Å². The molecule has 5 rings (SSSR count). The number of nitrogens with zero attached hydrogens (tertiary/aromatic N) is 4. The van der Waals surface area contributed by atoms with Gasteiger partial charge in [0.2, 0.25) is 0 Å². The summed E-state index contributed by atoms with van der Waals surface area (Å²) in [5.41, 5.74) is 2.91. The van der Waals surface area contributed by atoms with Gasteiger partial charge in [-0.25, -0.2) is 4.68 Å². The second kappa shape index (κ2) is 7.36. The average Bonchev–Trinajstić information content (AvgIpc) is 3.48. The van der Waals surface area contributed by atoms with Gasteiger partial charge in [0.05, 0.1) is 22.3 Å². The molecule has 1 aliphatic heterocycles. The Morgan fingerprint density at radius 3 is 2.69 bits per heavy atom. The topological polar surface area (TPSA) is 76.2 Å². The quantitative estimate of drug-likeness (QED) is 0.557. The summed E-state index contributed by atoms with van der Waals surface area (Å²) >= 11 is 1.69. The summed E-state index contributed by atoms with van der Waals surface area (Å²) in [6, 6.07) is 13.7. The number of aromatic nitrogens is 3. The number of piperidine rings is 1. The number of nitrogens with one attached hydrogen (secondary N) is 1. The first-order chi connectivity index (χ1) is 14.2. The van der Waals surface area contributed by atoms with E-state index in [1.54, 1.807) is 23.5 Å². The van der Waals surface area contributed by atoms with Gasteiger partial charge >= 0.3 is 0 Å². The molecule has 1 N–H and O–H groups in total. The molecule has 0 radical (unpaired) electrons. The molecule has 0 saturated carbocycles. The van der Waals surface area contributed by atoms with Crippen LogP contribution in [0.5, 0.6) is 0 Å². The van der Waals surface area contributed by atoms with Crippen LogP contribution in [0.3, 0.4) is 0 Å². The number of para-hydroxylation sites is 1. The predicted octanol–water partition coefficient (Wildman–Crippen LogP) is 3.78. The van der Waals surface area contributed by atoms with Crippen molar-refractivity contribution < 1.29 is 9.21 Å². The van der Waals surface area contributed by atoms with E-state index < -0.39 is 0 Å². The van der Waals surface area contributed by atoms with Crippen LogP contribution in [0.15, 0.2) is 53.1 Å². The normalized spacial score (nSPS) is 15.1. The standard InChI is InChI=1S/C21H21N5O2S/c1-14-18-19(26(24-14)16-6-3-2-4-7-16)23-21(29-18)25-11-9-15(10-12-25)22-20(27)17-8-5-13-28-17/h2-8,13,15H,9-12H2,1H3,(H,22,27). The number of fused-ring (bicyclic) bond motifs is 1. The summed E-state index contributed by atoms with van der Waals surface area (Å²) in [6.07, 6.45) is 3.28. The fourth-order valence-corrected chi connectivity index (χ4v) is 4.73. The Morgan fingerprint density at radius 1 is 1.17 bits per heavy atom. The van der Waals surface area contributed by atoms with Crippen molar-refractivity contribution in [1.29, 1.82) is 0 Å². The Labute approximate surface area is 172 Å². The molecule has 1 aliphatic rings. The van der Waals surface area contributed by atoms with Crippen LogP contribution < -0.4 is 10.2 Å². The second-order valence-electron chi connectivity index (χ2n) is 7.19. The van der Waals surface area contributed by atoms with Gasteiger partial charge in [0, 0.05) is 19.1 Å². The molecular weight excluding hydrogens is 386 g/mol. The van der Waals surface area contributed by atoms with Crippen molar-refractivity contribution in [3.63, 3.8) is 0 Å². The van der Waals surface area contributed by atoms with Crippen molar-refractivity contribution in [1.82, 2.24) is 20.1 Å². The molecular formula is C21H21N5O2S. The molecule has 0 spiro atoms. The predicted molar refractivity (Wildman–Crippen MR) is 113 cm³/mol. The fraction of sp³-hybridized carbons (Fsp3) is 0.286. The Hall–Kier alpha value is -3.13. The molecule has 7 nitrogen and oxygen atoms in total. The second-order valence-corrected chi connectivity index (χ2v) is 8.17. The lowest BCUT2D eigenvalue weighted by Crippen LogP contribution is -2.44. The molecule has 0 bridgehead atoms. The monoisotopic (exact) mass is 407 g/mol. The first-order valence-electron chi connectivity index (χ1n) is 9.70. The van der Waals surface area contributed by atoms with Gasteiger partial charge in [0.25, 0.3) is 5.91 Å². The first-order valence-corrected chi connectivity index (χ1v) is 10.5. The molecule has 1 amide bonds. The third kappa shape index (κ3) is 3.40. The van der Waals surface area contributed by atoms with E-state index in [9.17, 15) is 4.79 Å². The molecule has 0 atom stereocenters. The van der Waals surface area contributed by atoms with Crippen LogP contribution in [0, 0.1) is 6.92 Å². The van der Waals surface area contributed by atoms with Gasteiger partial charge in [-0.05, 0) is 44.0 Å². The van der Waals surface area contributed by atoms with Gasteiger partial charge in [-0.2, -0.15) is 10.1 Å². The molecule has 0 unspecified atom stereocenters. The van der Waals surface area contributed by atoms with E-state index in [0.29, 0.717) is 5.76 Å². The van der Waals surface area contributed by atoms with E-state index in [1.807, 2.05) is 41.9 Å². The minimum Gasteiger partial charge on any atom is -0.459 e. The van der Waals surface area contributed by atoms with E-state index >= 15 is 0 Å². The van der Waals surface area contributed by atoms with Gasteiger partial charge in [-0.1, -0.05) is 29.5 Å². The summed E-state index contributed by atoms with van der Waals surface area (Å²) in [5.74, 6) is 0.214. The van der Waals surface area contributed by atoms with Gasteiger partial charge < -0.3 is 14.6 Å². The number of hydrogen-bond donors (Lipinski definition) is 1. The van der Waals surface area contributed by atoms with E-state index in [4.69, 9.17) is 9.40 Å². The summed E-state index contributed by atoms with van der Waals surface area (Å²) in [7, 11) is 0. The Balaban J connectivity index is 1.30. The maximum Gasteiger partial charge on any atom is 0.287 e. The largest absolute Gasteiger partial charge is 0.459 e. The third-order valence-corrected chi connectivity index (χ3v) is 6.44. The number of anilines is 1. The zero-order valence-electron chi connectivity index (χ0n) is 16.0. The number of furan rings is 1. The van der Waals surface area contributed by atoms with Gasteiger partial charge in [-0.3, -0.25) is 4.79 Å². The van der Waals surface area contributed by atoms with Crippen LogP contribution in [0.4, 0.5) is 5.13 Å². The number of thiazole rings is 1.